The second-order valence-corrected chi connectivity index (χ2v) is 9.38. The van der Waals surface area contributed by atoms with Crippen molar-refractivity contribution in [2.24, 2.45) is 5.73 Å². The van der Waals surface area contributed by atoms with E-state index in [0.717, 1.165) is 11.8 Å². The molecular weight excluding hydrogens is 536 g/mol. The highest BCUT2D eigenvalue weighted by atomic mass is 32.2. The Morgan fingerprint density at radius 1 is 1.18 bits per heavy atom. The number of imidazole rings is 1. The molecule has 1 amide bonds. The molecule has 4 rings (SSSR count). The Bertz CT molecular complexity index is 1310. The van der Waals surface area contributed by atoms with Crippen LogP contribution in [0.5, 0.6) is 5.75 Å². The van der Waals surface area contributed by atoms with Gasteiger partial charge < -0.3 is 45.7 Å². The summed E-state index contributed by atoms with van der Waals surface area (Å²) in [6.07, 6.45) is -5.88. The predicted molar refractivity (Wildman–Crippen MR) is 136 cm³/mol. The molecule has 0 radical (unpaired) electrons. The van der Waals surface area contributed by atoms with Crippen molar-refractivity contribution < 1.29 is 43.9 Å². The first-order valence-corrected chi connectivity index (χ1v) is 12.8. The number of fused-ring (bicyclic) bond motifs is 1. The predicted octanol–water partition coefficient (Wildman–Crippen LogP) is -0.168. The fraction of sp³-hybridized carbons (Fsp3) is 0.435. The molecule has 210 valence electrons. The number of anilines is 1. The van der Waals surface area contributed by atoms with Crippen LogP contribution < -0.4 is 16.2 Å². The van der Waals surface area contributed by atoms with Gasteiger partial charge in [0.2, 0.25) is 0 Å². The van der Waals surface area contributed by atoms with Gasteiger partial charge in [0.15, 0.2) is 28.4 Å². The number of nitrogen functional groups attached to an aromatic ring is 1. The van der Waals surface area contributed by atoms with E-state index in [4.69, 9.17) is 30.4 Å². The van der Waals surface area contributed by atoms with E-state index in [9.17, 15) is 24.9 Å². The zero-order valence-electron chi connectivity index (χ0n) is 20.7. The number of aliphatic hydroxyl groups is 3. The minimum absolute atomic E-state index is 0.0677. The number of esters is 1. The van der Waals surface area contributed by atoms with Gasteiger partial charge in [-0.05, 0) is 31.2 Å². The van der Waals surface area contributed by atoms with Crippen molar-refractivity contribution >= 4 is 40.8 Å². The van der Waals surface area contributed by atoms with Crippen LogP contribution in [0.2, 0.25) is 0 Å². The van der Waals surface area contributed by atoms with Gasteiger partial charge in [-0.15, -0.1) is 0 Å². The maximum atomic E-state index is 11.8. The number of nitrogens with zero attached hydrogens (tertiary/aromatic N) is 4. The number of aromatic nitrogens is 4. The molecule has 5 atom stereocenters. The summed E-state index contributed by atoms with van der Waals surface area (Å²) in [6, 6.07) is 6.31. The average molecular weight is 565 g/mol. The molecule has 3 aromatic rings. The van der Waals surface area contributed by atoms with E-state index in [1.54, 1.807) is 31.2 Å². The molecule has 0 saturated carbocycles. The van der Waals surface area contributed by atoms with E-state index >= 15 is 0 Å². The number of carbonyl (C=O) groups is 2. The van der Waals surface area contributed by atoms with Crippen LogP contribution in [0.25, 0.3) is 11.2 Å². The largest absolute Gasteiger partial charge is 0.491 e. The van der Waals surface area contributed by atoms with Crippen molar-refractivity contribution in [1.82, 2.24) is 19.5 Å². The van der Waals surface area contributed by atoms with Crippen LogP contribution in [0.1, 0.15) is 23.5 Å². The van der Waals surface area contributed by atoms with Crippen LogP contribution in [0, 0.1) is 0 Å². The molecule has 2 aromatic heterocycles. The number of primary amides is 1. The van der Waals surface area contributed by atoms with E-state index in [0.29, 0.717) is 11.3 Å². The third kappa shape index (κ3) is 6.48. The number of hydrogen-bond donors (Lipinski definition) is 5. The zero-order valence-corrected chi connectivity index (χ0v) is 21.6. The maximum absolute atomic E-state index is 11.8. The van der Waals surface area contributed by atoms with Crippen molar-refractivity contribution in [3.05, 3.63) is 36.2 Å². The Balaban J connectivity index is 1.45. The third-order valence-electron chi connectivity index (χ3n) is 5.67. The van der Waals surface area contributed by atoms with Crippen LogP contribution in [-0.4, -0.2) is 96.9 Å². The third-order valence-corrected chi connectivity index (χ3v) is 6.76. The summed E-state index contributed by atoms with van der Waals surface area (Å²) in [5, 5.41) is 32.0. The summed E-state index contributed by atoms with van der Waals surface area (Å²) in [4.78, 5) is 35.3. The Labute approximate surface area is 226 Å². The highest BCUT2D eigenvalue weighted by Gasteiger charge is 2.46. The summed E-state index contributed by atoms with van der Waals surface area (Å²) >= 11 is 1.11. The topological polar surface area (TPSA) is 227 Å². The van der Waals surface area contributed by atoms with Gasteiger partial charge in [-0.1, -0.05) is 11.8 Å². The van der Waals surface area contributed by atoms with Crippen molar-refractivity contribution in [3.8, 4) is 5.75 Å². The molecule has 7 N–H and O–H groups in total. The van der Waals surface area contributed by atoms with E-state index < -0.39 is 42.7 Å². The van der Waals surface area contributed by atoms with Gasteiger partial charge >= 0.3 is 12.1 Å². The lowest BCUT2D eigenvalue weighted by atomic mass is 10.1. The second kappa shape index (κ2) is 12.4. The monoisotopic (exact) mass is 564 g/mol. The first-order valence-electron chi connectivity index (χ1n) is 11.8. The molecular formula is C23H28N6O9S. The standard InChI is InChI=1S/C23H28N6O9S/c1-2-35-21(33)11-3-5-13(6-4-11)36-7-12(30)9-39-23-28-15-18(24)26-10-27-19(15)29(23)20-17(32)16(31)14(38-20)8-37-22(25)34/h3-6,10,12,14,16-17,20,30-32H,2,7-9H2,1H3,(H2,25,34)(H2,24,26,27)/t12?,14-,16-,17-,20-/m1/s1. The summed E-state index contributed by atoms with van der Waals surface area (Å²) in [5.41, 5.74) is 11.8. The Hall–Kier alpha value is -3.70. The quantitative estimate of drug-likeness (QED) is 0.150. The lowest BCUT2D eigenvalue weighted by molar-refractivity contribution is -0.0562. The van der Waals surface area contributed by atoms with E-state index in [2.05, 4.69) is 15.0 Å². The number of carbonyl (C=O) groups excluding carboxylic acids is 2. The van der Waals surface area contributed by atoms with E-state index in [-0.39, 0.29) is 47.7 Å². The van der Waals surface area contributed by atoms with Crippen LogP contribution >= 0.6 is 11.8 Å². The molecule has 0 spiro atoms. The van der Waals surface area contributed by atoms with Crippen molar-refractivity contribution in [1.29, 1.82) is 0 Å². The minimum Gasteiger partial charge on any atom is -0.491 e. The lowest BCUT2D eigenvalue weighted by Gasteiger charge is -2.19. The van der Waals surface area contributed by atoms with Gasteiger partial charge in [0, 0.05) is 5.75 Å². The van der Waals surface area contributed by atoms with Gasteiger partial charge in [-0.3, -0.25) is 4.57 Å². The first-order chi connectivity index (χ1) is 18.7. The van der Waals surface area contributed by atoms with Crippen molar-refractivity contribution in [2.75, 3.05) is 31.3 Å². The number of nitrogens with two attached hydrogens (primary N) is 2. The molecule has 0 aliphatic carbocycles. The van der Waals surface area contributed by atoms with Crippen LogP contribution in [0.3, 0.4) is 0 Å². The summed E-state index contributed by atoms with van der Waals surface area (Å²) in [6.45, 7) is 1.54. The van der Waals surface area contributed by atoms with Gasteiger partial charge in [0.1, 0.15) is 43.6 Å². The molecule has 3 heterocycles. The molecule has 0 bridgehead atoms. The van der Waals surface area contributed by atoms with Crippen molar-refractivity contribution in [3.63, 3.8) is 0 Å². The van der Waals surface area contributed by atoms with Crippen LogP contribution in [-0.2, 0) is 14.2 Å². The number of thioether (sulfide) groups is 1. The number of hydrogen-bond acceptors (Lipinski definition) is 14. The van der Waals surface area contributed by atoms with Crippen LogP contribution in [0.4, 0.5) is 10.6 Å². The molecule has 1 aromatic carbocycles. The number of aliphatic hydroxyl groups excluding tert-OH is 3. The van der Waals surface area contributed by atoms with E-state index in [1.165, 1.54) is 10.9 Å². The van der Waals surface area contributed by atoms with Gasteiger partial charge in [-0.25, -0.2) is 24.5 Å². The SMILES string of the molecule is CCOC(=O)c1ccc(OCC(O)CSc2nc3c(N)ncnc3n2[C@@H]2O[C@H](COC(N)=O)[C@@H](O)[C@H]2O)cc1. The summed E-state index contributed by atoms with van der Waals surface area (Å²) < 4.78 is 22.5. The zero-order chi connectivity index (χ0) is 28.1. The van der Waals surface area contributed by atoms with Crippen molar-refractivity contribution in [2.45, 2.75) is 42.7 Å². The normalized spacial score (nSPS) is 21.5. The number of ether oxygens (including phenoxy) is 4. The molecule has 16 heteroatoms. The Morgan fingerprint density at radius 3 is 2.62 bits per heavy atom. The molecule has 1 aliphatic rings. The smallest absolute Gasteiger partial charge is 0.404 e. The second-order valence-electron chi connectivity index (χ2n) is 8.39. The lowest BCUT2D eigenvalue weighted by Crippen LogP contribution is -2.35. The Morgan fingerprint density at radius 2 is 1.92 bits per heavy atom. The fourth-order valence-corrected chi connectivity index (χ4v) is 4.72. The van der Waals surface area contributed by atoms with Gasteiger partial charge in [-0.2, -0.15) is 0 Å². The molecule has 15 nitrogen and oxygen atoms in total. The van der Waals surface area contributed by atoms with Crippen LogP contribution in [0.15, 0.2) is 35.7 Å². The number of amides is 1. The summed E-state index contributed by atoms with van der Waals surface area (Å²) in [7, 11) is 0. The first kappa shape index (κ1) is 28.3. The maximum Gasteiger partial charge on any atom is 0.404 e. The van der Waals surface area contributed by atoms with E-state index in [1.807, 2.05) is 0 Å². The molecule has 1 unspecified atom stereocenters. The summed E-state index contributed by atoms with van der Waals surface area (Å²) in [5.74, 6) is 0.196. The highest BCUT2D eigenvalue weighted by molar-refractivity contribution is 7.99. The number of rotatable bonds is 11. The average Bonchev–Trinajstić information content (AvgIpc) is 3.42. The fourth-order valence-electron chi connectivity index (χ4n) is 3.79. The molecule has 1 saturated heterocycles. The van der Waals surface area contributed by atoms with Gasteiger partial charge in [0.25, 0.3) is 0 Å². The molecule has 1 aliphatic heterocycles. The molecule has 1 fully saturated rings. The minimum atomic E-state index is -1.44. The Kier molecular flexibility index (Phi) is 9.03. The number of benzene rings is 1. The highest BCUT2D eigenvalue weighted by Crippen LogP contribution is 2.36. The molecule has 39 heavy (non-hydrogen) atoms. The van der Waals surface area contributed by atoms with Gasteiger partial charge in [0.05, 0.1) is 18.3 Å².